The van der Waals surface area contributed by atoms with E-state index < -0.39 is 27.6 Å². The Hall–Kier alpha value is -2.93. The van der Waals surface area contributed by atoms with Crippen molar-refractivity contribution in [3.8, 4) is 0 Å². The van der Waals surface area contributed by atoms with Crippen LogP contribution in [0, 0.1) is 0 Å². The average molecular weight is 472 g/mol. The molecule has 0 saturated heterocycles. The van der Waals surface area contributed by atoms with Crippen molar-refractivity contribution in [1.82, 2.24) is 14.3 Å². The minimum Gasteiger partial charge on any atom is -0.369 e. The Morgan fingerprint density at radius 1 is 1.28 bits per heavy atom. The molecule has 0 saturated carbocycles. The van der Waals surface area contributed by atoms with Crippen LogP contribution in [0.5, 0.6) is 0 Å². The van der Waals surface area contributed by atoms with Crippen LogP contribution in [-0.2, 0) is 27.4 Å². The second-order valence-corrected chi connectivity index (χ2v) is 9.19. The number of hydrogen-bond acceptors (Lipinski definition) is 7. The fourth-order valence-corrected chi connectivity index (χ4v) is 4.16. The summed E-state index contributed by atoms with van der Waals surface area (Å²) in [6.07, 6.45) is -2.34. The van der Waals surface area contributed by atoms with Gasteiger partial charge in [0.05, 0.1) is 12.7 Å². The zero-order chi connectivity index (χ0) is 23.5. The Balaban J connectivity index is 1.72. The van der Waals surface area contributed by atoms with E-state index in [0.29, 0.717) is 17.6 Å². The van der Waals surface area contributed by atoms with Gasteiger partial charge < -0.3 is 16.0 Å². The van der Waals surface area contributed by atoms with E-state index in [2.05, 4.69) is 25.9 Å². The number of halogens is 3. The van der Waals surface area contributed by atoms with Crippen LogP contribution in [0.15, 0.2) is 24.4 Å². The second-order valence-electron chi connectivity index (χ2n) is 7.21. The van der Waals surface area contributed by atoms with E-state index in [4.69, 9.17) is 0 Å². The highest BCUT2D eigenvalue weighted by Crippen LogP contribution is 2.34. The van der Waals surface area contributed by atoms with Crippen molar-refractivity contribution in [2.75, 3.05) is 41.8 Å². The fourth-order valence-electron chi connectivity index (χ4n) is 3.23. The van der Waals surface area contributed by atoms with Gasteiger partial charge in [0.1, 0.15) is 11.4 Å². The molecule has 13 heteroatoms. The highest BCUT2D eigenvalue weighted by Gasteiger charge is 2.35. The molecule has 174 valence electrons. The molecule has 1 aliphatic rings. The first kappa shape index (κ1) is 23.7. The van der Waals surface area contributed by atoms with Crippen LogP contribution in [0.1, 0.15) is 24.5 Å². The topological polar surface area (TPSA) is 116 Å². The molecule has 9 nitrogen and oxygen atoms in total. The van der Waals surface area contributed by atoms with Crippen LogP contribution in [0.3, 0.4) is 0 Å². The minimum absolute atomic E-state index is 0.0592. The van der Waals surface area contributed by atoms with Gasteiger partial charge in [0, 0.05) is 37.2 Å². The lowest BCUT2D eigenvalue weighted by Crippen LogP contribution is -2.31. The third-order valence-corrected chi connectivity index (χ3v) is 6.16. The quantitative estimate of drug-likeness (QED) is 0.481. The van der Waals surface area contributed by atoms with Gasteiger partial charge in [-0.2, -0.15) is 18.2 Å². The van der Waals surface area contributed by atoms with Gasteiger partial charge in [0.25, 0.3) is 0 Å². The fraction of sp³-hybridized carbons (Fsp3) is 0.421. The molecule has 0 fully saturated rings. The Bertz CT molecular complexity index is 1110. The Kier molecular flexibility index (Phi) is 6.88. The smallest absolute Gasteiger partial charge is 0.369 e. The van der Waals surface area contributed by atoms with Gasteiger partial charge in [-0.3, -0.25) is 4.79 Å². The summed E-state index contributed by atoms with van der Waals surface area (Å²) in [7, 11) is -3.38. The highest BCUT2D eigenvalue weighted by molar-refractivity contribution is 7.88. The molecule has 0 radical (unpaired) electrons. The molecule has 32 heavy (non-hydrogen) atoms. The molecular weight excluding hydrogens is 449 g/mol. The van der Waals surface area contributed by atoms with Crippen molar-refractivity contribution in [2.24, 2.45) is 0 Å². The number of amides is 1. The van der Waals surface area contributed by atoms with E-state index in [1.54, 1.807) is 25.1 Å². The molecule has 3 rings (SSSR count). The summed E-state index contributed by atoms with van der Waals surface area (Å²) < 4.78 is 64.6. The molecule has 2 heterocycles. The number of sulfonamides is 1. The van der Waals surface area contributed by atoms with E-state index in [-0.39, 0.29) is 44.3 Å². The Labute approximate surface area is 183 Å². The third kappa shape index (κ3) is 5.85. The van der Waals surface area contributed by atoms with Crippen molar-refractivity contribution in [2.45, 2.75) is 25.9 Å². The molecule has 2 aromatic rings. The van der Waals surface area contributed by atoms with E-state index in [9.17, 15) is 26.4 Å². The van der Waals surface area contributed by atoms with Gasteiger partial charge in [0.15, 0.2) is 0 Å². The maximum atomic E-state index is 13.4. The largest absolute Gasteiger partial charge is 0.421 e. The first-order chi connectivity index (χ1) is 15.0. The van der Waals surface area contributed by atoms with Crippen molar-refractivity contribution in [3.63, 3.8) is 0 Å². The van der Waals surface area contributed by atoms with E-state index >= 15 is 0 Å². The van der Waals surface area contributed by atoms with Gasteiger partial charge in [-0.05, 0) is 24.1 Å². The summed E-state index contributed by atoms with van der Waals surface area (Å²) in [6.45, 7) is 2.20. The van der Waals surface area contributed by atoms with E-state index in [0.717, 1.165) is 11.8 Å². The molecule has 0 aliphatic carbocycles. The number of fused-ring (bicyclic) bond motifs is 1. The van der Waals surface area contributed by atoms with Crippen LogP contribution in [0.2, 0.25) is 0 Å². The molecule has 1 aliphatic heterocycles. The molecule has 1 aromatic carbocycles. The number of carbonyl (C=O) groups is 1. The second kappa shape index (κ2) is 9.28. The molecule has 1 aromatic heterocycles. The van der Waals surface area contributed by atoms with Crippen molar-refractivity contribution >= 4 is 39.1 Å². The van der Waals surface area contributed by atoms with Gasteiger partial charge in [-0.15, -0.1) is 0 Å². The zero-order valence-electron chi connectivity index (χ0n) is 17.5. The molecule has 0 unspecified atom stereocenters. The molecule has 0 spiro atoms. The number of aromatic nitrogens is 2. The zero-order valence-corrected chi connectivity index (χ0v) is 18.3. The number of nitrogens with one attached hydrogen (secondary N) is 3. The lowest BCUT2D eigenvalue weighted by atomic mass is 10.1. The van der Waals surface area contributed by atoms with Gasteiger partial charge in [-0.25, -0.2) is 17.7 Å². The summed E-state index contributed by atoms with van der Waals surface area (Å²) in [5.74, 6) is -0.602. The number of carbonyl (C=O) groups excluding carboxylic acids is 1. The van der Waals surface area contributed by atoms with E-state index in [1.165, 1.54) is 4.31 Å². The number of rotatable bonds is 9. The lowest BCUT2D eigenvalue weighted by Gasteiger charge is -2.18. The lowest BCUT2D eigenvalue weighted by molar-refractivity contribution is -0.137. The summed E-state index contributed by atoms with van der Waals surface area (Å²) >= 11 is 0. The highest BCUT2D eigenvalue weighted by atomic mass is 32.2. The van der Waals surface area contributed by atoms with Gasteiger partial charge in [0.2, 0.25) is 21.9 Å². The van der Waals surface area contributed by atoms with Crippen LogP contribution in [-0.4, -0.2) is 54.5 Å². The predicted molar refractivity (Wildman–Crippen MR) is 114 cm³/mol. The maximum absolute atomic E-state index is 13.4. The molecule has 3 N–H and O–H groups in total. The number of anilines is 4. The molecule has 0 bridgehead atoms. The monoisotopic (exact) mass is 472 g/mol. The Morgan fingerprint density at radius 2 is 2.03 bits per heavy atom. The normalized spacial score (nSPS) is 13.8. The van der Waals surface area contributed by atoms with Gasteiger partial charge in [-0.1, -0.05) is 13.0 Å². The summed E-state index contributed by atoms with van der Waals surface area (Å²) in [5, 5.41) is 8.17. The number of alkyl halides is 3. The van der Waals surface area contributed by atoms with Gasteiger partial charge >= 0.3 is 6.18 Å². The van der Waals surface area contributed by atoms with Crippen molar-refractivity contribution < 1.29 is 26.4 Å². The third-order valence-electron chi connectivity index (χ3n) is 4.78. The SMILES string of the molecule is CCN(CCCNc1nc(Nc2ccc3c(c2)NC(=O)C3)ncc1C(F)(F)F)S(C)(=O)=O. The summed E-state index contributed by atoms with van der Waals surface area (Å²) in [4.78, 5) is 19.2. The Morgan fingerprint density at radius 3 is 2.69 bits per heavy atom. The molecule has 1 amide bonds. The minimum atomic E-state index is -4.67. The maximum Gasteiger partial charge on any atom is 0.421 e. The average Bonchev–Trinajstić information content (AvgIpc) is 3.05. The summed E-state index contributed by atoms with van der Waals surface area (Å²) in [6, 6.07) is 5.07. The summed E-state index contributed by atoms with van der Waals surface area (Å²) in [5.41, 5.74) is 0.922. The van der Waals surface area contributed by atoms with Crippen LogP contribution < -0.4 is 16.0 Å². The van der Waals surface area contributed by atoms with Crippen molar-refractivity contribution in [3.05, 3.63) is 35.5 Å². The van der Waals surface area contributed by atoms with Crippen LogP contribution in [0.25, 0.3) is 0 Å². The first-order valence-corrected chi connectivity index (χ1v) is 11.6. The number of nitrogens with zero attached hydrogens (tertiary/aromatic N) is 3. The van der Waals surface area contributed by atoms with Crippen LogP contribution in [0.4, 0.5) is 36.3 Å². The molecular formula is C19H23F3N6O3S. The standard InChI is InChI=1S/C19H23F3N6O3S/c1-3-28(32(2,30)31)8-4-7-23-17-14(19(20,21)22)11-24-18(27-17)25-13-6-5-12-9-16(29)26-15(12)10-13/h5-6,10-11H,3-4,7-9H2,1-2H3,(H,26,29)(H2,23,24,25,27). The van der Waals surface area contributed by atoms with E-state index in [1.807, 2.05) is 0 Å². The molecule has 0 atom stereocenters. The number of hydrogen-bond donors (Lipinski definition) is 3. The van der Waals surface area contributed by atoms with Crippen molar-refractivity contribution in [1.29, 1.82) is 0 Å². The number of benzene rings is 1. The first-order valence-electron chi connectivity index (χ1n) is 9.80. The predicted octanol–water partition coefficient (Wildman–Crippen LogP) is 2.82. The van der Waals surface area contributed by atoms with Crippen LogP contribution >= 0.6 is 0 Å².